The summed E-state index contributed by atoms with van der Waals surface area (Å²) in [5.74, 6) is 2.28. The molecule has 3 aliphatic carbocycles. The highest BCUT2D eigenvalue weighted by molar-refractivity contribution is 6.36. The van der Waals surface area contributed by atoms with Crippen LogP contribution in [-0.4, -0.2) is 30.6 Å². The molecule has 0 radical (unpaired) electrons. The molecular formula is C37H52Cl2N2O2. The van der Waals surface area contributed by atoms with E-state index in [4.69, 9.17) is 27.9 Å². The second kappa shape index (κ2) is 13.4. The normalized spacial score (nSPS) is 19.3. The first-order chi connectivity index (χ1) is 20.2. The molecule has 0 heterocycles. The summed E-state index contributed by atoms with van der Waals surface area (Å²) >= 11 is 12.5. The van der Waals surface area contributed by atoms with Gasteiger partial charge in [0, 0.05) is 23.7 Å². The fourth-order valence-corrected chi connectivity index (χ4v) is 6.96. The van der Waals surface area contributed by atoms with Gasteiger partial charge in [0.2, 0.25) is 0 Å². The molecule has 2 unspecified atom stereocenters. The van der Waals surface area contributed by atoms with Gasteiger partial charge in [0.1, 0.15) is 5.75 Å². The van der Waals surface area contributed by atoms with Gasteiger partial charge in [-0.2, -0.15) is 0 Å². The number of nitrogens with one attached hydrogen (secondary N) is 1. The molecule has 2 aromatic carbocycles. The molecule has 0 aromatic heterocycles. The van der Waals surface area contributed by atoms with Crippen LogP contribution in [0.15, 0.2) is 48.0 Å². The monoisotopic (exact) mass is 626 g/mol. The first kappa shape index (κ1) is 33.7. The lowest BCUT2D eigenvalue weighted by molar-refractivity contribution is -0.00954. The number of amides is 2. The number of unbranched alkanes of at least 4 members (excludes halogenated alkanes) is 1. The molecule has 43 heavy (non-hydrogen) atoms. The maximum absolute atomic E-state index is 13.6. The summed E-state index contributed by atoms with van der Waals surface area (Å²) in [7, 11) is 0. The standard InChI is InChI=1S/C37H52Cl2N2O2/c1-9-35(3,4)26-15-18-33(30(21-26)36(5,6)10-2)43-20-12-11-19-41(24-25-13-14-27-22-29(25)37(27,7)8)34(42)40-32-17-16-28(38)23-31(32)39/h13,15-18,21,23,27,29H,9-12,14,19-20,22,24H2,1-8H3,(H,40,42). The summed E-state index contributed by atoms with van der Waals surface area (Å²) in [4.78, 5) is 15.5. The summed E-state index contributed by atoms with van der Waals surface area (Å²) in [5, 5.41) is 4.02. The minimum Gasteiger partial charge on any atom is -0.493 e. The van der Waals surface area contributed by atoms with Crippen LogP contribution >= 0.6 is 23.2 Å². The Labute approximate surface area is 270 Å². The van der Waals surface area contributed by atoms with Crippen molar-refractivity contribution in [3.8, 4) is 5.75 Å². The number of nitrogens with zero attached hydrogens (tertiary/aromatic N) is 1. The van der Waals surface area contributed by atoms with Gasteiger partial charge in [0.25, 0.3) is 0 Å². The van der Waals surface area contributed by atoms with Crippen LogP contribution in [0.2, 0.25) is 10.0 Å². The van der Waals surface area contributed by atoms with E-state index in [0.29, 0.717) is 46.8 Å². The molecular weight excluding hydrogens is 575 g/mol. The van der Waals surface area contributed by atoms with Crippen molar-refractivity contribution >= 4 is 34.9 Å². The maximum Gasteiger partial charge on any atom is 0.322 e. The van der Waals surface area contributed by atoms with Crippen LogP contribution in [0.5, 0.6) is 5.75 Å². The maximum atomic E-state index is 13.6. The van der Waals surface area contributed by atoms with Crippen molar-refractivity contribution < 1.29 is 9.53 Å². The number of carbonyl (C=O) groups excluding carboxylic acids is 1. The lowest BCUT2D eigenvalue weighted by Crippen LogP contribution is -2.50. The SMILES string of the molecule is CCC(C)(C)c1ccc(OCCCCN(CC2=CCC3CC2C3(C)C)C(=O)Nc2ccc(Cl)cc2Cl)c(C(C)(C)CC)c1. The van der Waals surface area contributed by atoms with E-state index in [1.54, 1.807) is 18.2 Å². The Balaban J connectivity index is 1.42. The van der Waals surface area contributed by atoms with Gasteiger partial charge in [0.15, 0.2) is 0 Å². The highest BCUT2D eigenvalue weighted by Crippen LogP contribution is 2.59. The summed E-state index contributed by atoms with van der Waals surface area (Å²) in [6.07, 6.45) is 8.54. The molecule has 1 fully saturated rings. The zero-order chi connectivity index (χ0) is 31.6. The zero-order valence-electron chi connectivity index (χ0n) is 27.6. The van der Waals surface area contributed by atoms with E-state index in [2.05, 4.69) is 85.0 Å². The number of fused-ring (bicyclic) bond motifs is 1. The number of benzene rings is 2. The molecule has 0 aliphatic heterocycles. The van der Waals surface area contributed by atoms with Crippen molar-refractivity contribution in [1.29, 1.82) is 0 Å². The average molecular weight is 628 g/mol. The first-order valence-corrected chi connectivity index (χ1v) is 16.9. The smallest absolute Gasteiger partial charge is 0.322 e. The minimum absolute atomic E-state index is 0.0228. The number of ether oxygens (including phenoxy) is 1. The minimum atomic E-state index is -0.133. The summed E-state index contributed by atoms with van der Waals surface area (Å²) in [5.41, 5.74) is 5.07. The van der Waals surface area contributed by atoms with Gasteiger partial charge in [-0.05, 0) is 96.4 Å². The van der Waals surface area contributed by atoms with Crippen LogP contribution in [0.1, 0.15) is 105 Å². The van der Waals surface area contributed by atoms with Crippen LogP contribution in [0.25, 0.3) is 0 Å². The van der Waals surface area contributed by atoms with Crippen molar-refractivity contribution in [1.82, 2.24) is 4.90 Å². The van der Waals surface area contributed by atoms with E-state index in [1.807, 2.05) is 4.90 Å². The fourth-order valence-electron chi connectivity index (χ4n) is 6.50. The lowest BCUT2D eigenvalue weighted by atomic mass is 9.49. The zero-order valence-corrected chi connectivity index (χ0v) is 29.1. The third kappa shape index (κ3) is 7.56. The second-order valence-corrected chi connectivity index (χ2v) is 15.4. The van der Waals surface area contributed by atoms with Gasteiger partial charge in [-0.3, -0.25) is 0 Å². The van der Waals surface area contributed by atoms with E-state index in [0.717, 1.165) is 43.8 Å². The summed E-state index contributed by atoms with van der Waals surface area (Å²) in [6, 6.07) is 11.8. The van der Waals surface area contributed by atoms with Gasteiger partial charge in [-0.1, -0.05) is 102 Å². The Morgan fingerprint density at radius 1 is 1.02 bits per heavy atom. The Hall–Kier alpha value is -2.17. The van der Waals surface area contributed by atoms with Crippen LogP contribution in [0, 0.1) is 17.3 Å². The number of hydrogen-bond donors (Lipinski definition) is 1. The van der Waals surface area contributed by atoms with Gasteiger partial charge < -0.3 is 15.0 Å². The number of halogens is 2. The molecule has 1 saturated carbocycles. The van der Waals surface area contributed by atoms with Crippen LogP contribution < -0.4 is 10.1 Å². The number of allylic oxidation sites excluding steroid dienone is 1. The van der Waals surface area contributed by atoms with E-state index < -0.39 is 0 Å². The Kier molecular flexibility index (Phi) is 10.5. The molecule has 2 atom stereocenters. The molecule has 236 valence electrons. The van der Waals surface area contributed by atoms with E-state index in [-0.39, 0.29) is 16.9 Å². The molecule has 6 heteroatoms. The molecule has 4 nitrogen and oxygen atoms in total. The number of urea groups is 1. The Morgan fingerprint density at radius 2 is 1.74 bits per heavy atom. The second-order valence-electron chi connectivity index (χ2n) is 14.5. The number of hydrogen-bond acceptors (Lipinski definition) is 2. The third-order valence-corrected chi connectivity index (χ3v) is 11.3. The first-order valence-electron chi connectivity index (χ1n) is 16.2. The number of rotatable bonds is 13. The molecule has 1 N–H and O–H groups in total. The predicted molar refractivity (Wildman–Crippen MR) is 183 cm³/mol. The van der Waals surface area contributed by atoms with Gasteiger partial charge in [0.05, 0.1) is 17.3 Å². The van der Waals surface area contributed by atoms with Crippen LogP contribution in [0.3, 0.4) is 0 Å². The molecule has 2 bridgehead atoms. The van der Waals surface area contributed by atoms with Crippen molar-refractivity contribution in [2.75, 3.05) is 25.0 Å². The van der Waals surface area contributed by atoms with Gasteiger partial charge in [-0.25, -0.2) is 4.79 Å². The number of carbonyl (C=O) groups is 1. The third-order valence-electron chi connectivity index (χ3n) is 10.8. The quantitative estimate of drug-likeness (QED) is 0.177. The highest BCUT2D eigenvalue weighted by atomic mass is 35.5. The van der Waals surface area contributed by atoms with Gasteiger partial charge >= 0.3 is 6.03 Å². The van der Waals surface area contributed by atoms with Crippen LogP contribution in [0.4, 0.5) is 10.5 Å². The van der Waals surface area contributed by atoms with E-state index in [1.165, 1.54) is 23.1 Å². The summed E-state index contributed by atoms with van der Waals surface area (Å²) in [6.45, 7) is 20.3. The average Bonchev–Trinajstić information content (AvgIpc) is 2.97. The molecule has 2 amide bonds. The molecule has 2 aromatic rings. The molecule has 5 rings (SSSR count). The molecule has 3 aliphatic rings. The summed E-state index contributed by atoms with van der Waals surface area (Å²) < 4.78 is 6.43. The topological polar surface area (TPSA) is 41.6 Å². The van der Waals surface area contributed by atoms with Crippen molar-refractivity contribution in [3.63, 3.8) is 0 Å². The molecule has 0 spiro atoms. The van der Waals surface area contributed by atoms with E-state index in [9.17, 15) is 4.79 Å². The van der Waals surface area contributed by atoms with Crippen molar-refractivity contribution in [2.45, 2.75) is 105 Å². The number of anilines is 1. The largest absolute Gasteiger partial charge is 0.493 e. The van der Waals surface area contributed by atoms with Crippen molar-refractivity contribution in [2.24, 2.45) is 17.3 Å². The van der Waals surface area contributed by atoms with Crippen molar-refractivity contribution in [3.05, 3.63) is 69.2 Å². The predicted octanol–water partition coefficient (Wildman–Crippen LogP) is 11.1. The Bertz CT molecular complexity index is 1330. The lowest BCUT2D eigenvalue weighted by Gasteiger charge is -2.57. The van der Waals surface area contributed by atoms with Crippen LogP contribution in [-0.2, 0) is 10.8 Å². The van der Waals surface area contributed by atoms with E-state index >= 15 is 0 Å². The molecule has 0 saturated heterocycles. The van der Waals surface area contributed by atoms with Gasteiger partial charge in [-0.15, -0.1) is 0 Å². The highest BCUT2D eigenvalue weighted by Gasteiger charge is 2.51. The fraction of sp³-hybridized carbons (Fsp3) is 0.595. The Morgan fingerprint density at radius 3 is 2.37 bits per heavy atom.